The zero-order valence-electron chi connectivity index (χ0n) is 15.5. The molecule has 1 heterocycles. The van der Waals surface area contributed by atoms with Crippen molar-refractivity contribution in [1.82, 2.24) is 10.2 Å². The lowest BCUT2D eigenvalue weighted by atomic mass is 10.1. The van der Waals surface area contributed by atoms with Crippen LogP contribution in [0.5, 0.6) is 11.5 Å². The molecule has 1 saturated heterocycles. The second-order valence-corrected chi connectivity index (χ2v) is 6.22. The number of nitrogens with zero attached hydrogens (tertiary/aromatic N) is 1. The summed E-state index contributed by atoms with van der Waals surface area (Å²) in [5, 5.41) is 2.60. The number of carbonyl (C=O) groups is 3. The van der Waals surface area contributed by atoms with E-state index in [0.717, 1.165) is 11.3 Å². The molecule has 0 saturated carbocycles. The maximum Gasteiger partial charge on any atom is 0.290 e. The summed E-state index contributed by atoms with van der Waals surface area (Å²) in [5.74, 6) is 4.60. The number of amides is 2. The zero-order valence-corrected chi connectivity index (χ0v) is 15.5. The summed E-state index contributed by atoms with van der Waals surface area (Å²) in [5.41, 5.74) is 0.777. The number of carbonyl (C=O) groups excluding carboxylic acids is 3. The fourth-order valence-corrected chi connectivity index (χ4v) is 2.80. The molecule has 1 unspecified atom stereocenters. The highest BCUT2D eigenvalue weighted by Crippen LogP contribution is 2.20. The molecular formula is C22H20N2O4. The van der Waals surface area contributed by atoms with Crippen molar-refractivity contribution >= 4 is 17.6 Å². The molecule has 1 aliphatic rings. The number of benzene rings is 2. The molecule has 0 aromatic heterocycles. The van der Waals surface area contributed by atoms with Gasteiger partial charge in [0.15, 0.2) is 0 Å². The molecule has 1 atom stereocenters. The predicted octanol–water partition coefficient (Wildman–Crippen LogP) is 1.99. The highest BCUT2D eigenvalue weighted by atomic mass is 16.5. The summed E-state index contributed by atoms with van der Waals surface area (Å²) in [7, 11) is 0. The van der Waals surface area contributed by atoms with E-state index >= 15 is 0 Å². The number of likely N-dealkylation sites (N-methyl/N-ethyl adjacent to an activating group) is 1. The van der Waals surface area contributed by atoms with Crippen LogP contribution in [0.1, 0.15) is 12.5 Å². The Morgan fingerprint density at radius 1 is 1.11 bits per heavy atom. The molecule has 3 rings (SSSR count). The Hall–Kier alpha value is -3.59. The van der Waals surface area contributed by atoms with Gasteiger partial charge in [-0.05, 0) is 43.3 Å². The number of ketones is 1. The summed E-state index contributed by atoms with van der Waals surface area (Å²) >= 11 is 0. The summed E-state index contributed by atoms with van der Waals surface area (Å²) in [6.07, 6.45) is 0. The minimum Gasteiger partial charge on any atom is -0.457 e. The van der Waals surface area contributed by atoms with Crippen LogP contribution in [0.25, 0.3) is 0 Å². The minimum atomic E-state index is -0.941. The highest BCUT2D eigenvalue weighted by Gasteiger charge is 2.42. The standard InChI is InChI=1S/C22H20N2O4/c1-2-24-15-19(20(25)22(24)27)21(26)23-14-6-7-16-10-12-18(13-11-16)28-17-8-4-3-5-9-17/h3-5,8-13,19H,2,14-15H2,1H3,(H,23,26). The van der Waals surface area contributed by atoms with E-state index in [1.54, 1.807) is 6.92 Å². The van der Waals surface area contributed by atoms with Gasteiger partial charge in [0.1, 0.15) is 17.4 Å². The smallest absolute Gasteiger partial charge is 0.290 e. The summed E-state index contributed by atoms with van der Waals surface area (Å²) in [6, 6.07) is 16.8. The van der Waals surface area contributed by atoms with Crippen molar-refractivity contribution in [2.45, 2.75) is 6.92 Å². The summed E-state index contributed by atoms with van der Waals surface area (Å²) < 4.78 is 5.72. The van der Waals surface area contributed by atoms with Gasteiger partial charge in [-0.2, -0.15) is 0 Å². The van der Waals surface area contributed by atoms with Gasteiger partial charge in [-0.15, -0.1) is 0 Å². The van der Waals surface area contributed by atoms with Crippen molar-refractivity contribution in [1.29, 1.82) is 0 Å². The average Bonchev–Trinajstić information content (AvgIpc) is 3.01. The van der Waals surface area contributed by atoms with Crippen LogP contribution in [-0.4, -0.2) is 42.1 Å². The number of nitrogens with one attached hydrogen (secondary N) is 1. The number of hydrogen-bond acceptors (Lipinski definition) is 4. The van der Waals surface area contributed by atoms with Crippen LogP contribution in [0.4, 0.5) is 0 Å². The van der Waals surface area contributed by atoms with Crippen molar-refractivity contribution in [3.63, 3.8) is 0 Å². The van der Waals surface area contributed by atoms with Crippen LogP contribution < -0.4 is 10.1 Å². The molecule has 2 aromatic rings. The number of hydrogen-bond donors (Lipinski definition) is 1. The zero-order chi connectivity index (χ0) is 19.9. The monoisotopic (exact) mass is 376 g/mol. The second-order valence-electron chi connectivity index (χ2n) is 6.22. The van der Waals surface area contributed by atoms with Crippen molar-refractivity contribution < 1.29 is 19.1 Å². The van der Waals surface area contributed by atoms with Gasteiger partial charge in [-0.25, -0.2) is 0 Å². The predicted molar refractivity (Wildman–Crippen MR) is 104 cm³/mol. The number of para-hydroxylation sites is 1. The van der Waals surface area contributed by atoms with Crippen molar-refractivity contribution in [3.8, 4) is 23.3 Å². The Bertz CT molecular complexity index is 927. The van der Waals surface area contributed by atoms with E-state index in [1.165, 1.54) is 4.90 Å². The van der Waals surface area contributed by atoms with Crippen LogP contribution in [-0.2, 0) is 14.4 Å². The molecule has 1 fully saturated rings. The van der Waals surface area contributed by atoms with Gasteiger partial charge in [0, 0.05) is 18.7 Å². The molecule has 0 radical (unpaired) electrons. The number of Topliss-reactive ketones (excluding diaryl/α,β-unsaturated/α-hetero) is 1. The van der Waals surface area contributed by atoms with Gasteiger partial charge in [0.05, 0.1) is 6.54 Å². The van der Waals surface area contributed by atoms with Gasteiger partial charge in [-0.3, -0.25) is 14.4 Å². The van der Waals surface area contributed by atoms with Crippen molar-refractivity contribution in [2.24, 2.45) is 5.92 Å². The third-order valence-corrected chi connectivity index (χ3v) is 4.33. The molecule has 6 heteroatoms. The summed E-state index contributed by atoms with van der Waals surface area (Å²) in [4.78, 5) is 37.0. The average molecular weight is 376 g/mol. The SMILES string of the molecule is CCN1CC(C(=O)NCC#Cc2ccc(Oc3ccccc3)cc2)C(=O)C1=O. The van der Waals surface area contributed by atoms with Crippen LogP contribution in [0.3, 0.4) is 0 Å². The van der Waals surface area contributed by atoms with Gasteiger partial charge in [-0.1, -0.05) is 30.0 Å². The first-order valence-electron chi connectivity index (χ1n) is 9.01. The summed E-state index contributed by atoms with van der Waals surface area (Å²) in [6.45, 7) is 2.42. The molecule has 1 N–H and O–H groups in total. The van der Waals surface area contributed by atoms with Gasteiger partial charge in [0.2, 0.25) is 11.7 Å². The minimum absolute atomic E-state index is 0.102. The van der Waals surface area contributed by atoms with Crippen molar-refractivity contribution in [3.05, 3.63) is 60.2 Å². The quantitative estimate of drug-likeness (QED) is 0.492. The molecule has 0 aliphatic carbocycles. The first kappa shape index (κ1) is 19.2. The molecule has 6 nitrogen and oxygen atoms in total. The van der Waals surface area contributed by atoms with Gasteiger partial charge in [0.25, 0.3) is 5.91 Å². The second kappa shape index (κ2) is 8.87. The Morgan fingerprint density at radius 2 is 1.79 bits per heavy atom. The molecular weight excluding hydrogens is 356 g/mol. The van der Waals surface area contributed by atoms with Gasteiger partial charge >= 0.3 is 0 Å². The molecule has 28 heavy (non-hydrogen) atoms. The third kappa shape index (κ3) is 4.57. The van der Waals surface area contributed by atoms with E-state index in [0.29, 0.717) is 12.3 Å². The Balaban J connectivity index is 1.50. The maximum absolute atomic E-state index is 12.1. The van der Waals surface area contributed by atoms with Crippen LogP contribution >= 0.6 is 0 Å². The number of rotatable bonds is 5. The number of likely N-dealkylation sites (tertiary alicyclic amines) is 1. The van der Waals surface area contributed by atoms with Crippen LogP contribution in [0.15, 0.2) is 54.6 Å². The highest BCUT2D eigenvalue weighted by molar-refractivity contribution is 6.42. The van der Waals surface area contributed by atoms with Crippen LogP contribution in [0, 0.1) is 17.8 Å². The first-order valence-corrected chi connectivity index (χ1v) is 9.01. The largest absolute Gasteiger partial charge is 0.457 e. The van der Waals surface area contributed by atoms with E-state index < -0.39 is 23.5 Å². The van der Waals surface area contributed by atoms with Crippen LogP contribution in [0.2, 0.25) is 0 Å². The van der Waals surface area contributed by atoms with Crippen molar-refractivity contribution in [2.75, 3.05) is 19.6 Å². The fourth-order valence-electron chi connectivity index (χ4n) is 2.80. The van der Waals surface area contributed by atoms with Gasteiger partial charge < -0.3 is 15.0 Å². The third-order valence-electron chi connectivity index (χ3n) is 4.33. The van der Waals surface area contributed by atoms with E-state index in [4.69, 9.17) is 4.74 Å². The Kier molecular flexibility index (Phi) is 6.07. The van der Waals surface area contributed by atoms with E-state index in [9.17, 15) is 14.4 Å². The normalized spacial score (nSPS) is 15.8. The molecule has 0 spiro atoms. The Morgan fingerprint density at radius 3 is 2.43 bits per heavy atom. The maximum atomic E-state index is 12.1. The van der Waals surface area contributed by atoms with E-state index in [1.807, 2.05) is 54.6 Å². The topological polar surface area (TPSA) is 75.7 Å². The first-order chi connectivity index (χ1) is 13.6. The lowest BCUT2D eigenvalue weighted by Gasteiger charge is -2.11. The van der Waals surface area contributed by atoms with E-state index in [2.05, 4.69) is 17.2 Å². The molecule has 2 aromatic carbocycles. The molecule has 0 bridgehead atoms. The van der Waals surface area contributed by atoms with E-state index in [-0.39, 0.29) is 13.1 Å². The molecule has 1 aliphatic heterocycles. The Labute approximate surface area is 163 Å². The fraction of sp³-hybridized carbons (Fsp3) is 0.227. The lowest BCUT2D eigenvalue weighted by Crippen LogP contribution is -2.35. The molecule has 2 amide bonds. The molecule has 142 valence electrons. The lowest BCUT2D eigenvalue weighted by molar-refractivity contribution is -0.142. The number of ether oxygens (including phenoxy) is 1.